The van der Waals surface area contributed by atoms with Crippen molar-refractivity contribution < 1.29 is 9.47 Å². The Labute approximate surface area is 161 Å². The normalized spacial score (nSPS) is 16.0. The number of para-hydroxylation sites is 1. The summed E-state index contributed by atoms with van der Waals surface area (Å²) in [6, 6.07) is 6.43. The van der Waals surface area contributed by atoms with E-state index in [9.17, 15) is 0 Å². The van der Waals surface area contributed by atoms with E-state index < -0.39 is 0 Å². The van der Waals surface area contributed by atoms with Crippen LogP contribution >= 0.6 is 0 Å². The minimum atomic E-state index is 0.371. The maximum Gasteiger partial charge on any atom is 0.190 e. The first-order valence-corrected chi connectivity index (χ1v) is 9.97. The van der Waals surface area contributed by atoms with Crippen molar-refractivity contribution in [2.75, 3.05) is 40.0 Å². The molecule has 0 radical (unpaired) electrons. The Morgan fingerprint density at radius 2 is 2.07 bits per heavy atom. The highest BCUT2D eigenvalue weighted by atomic mass is 16.5. The Morgan fingerprint density at radius 1 is 1.26 bits per heavy atom. The van der Waals surface area contributed by atoms with E-state index in [1.165, 1.54) is 22.0 Å². The summed E-state index contributed by atoms with van der Waals surface area (Å²) < 4.78 is 11.2. The van der Waals surface area contributed by atoms with Gasteiger partial charge in [-0.05, 0) is 43.7 Å². The van der Waals surface area contributed by atoms with E-state index in [0.717, 1.165) is 64.6 Å². The van der Waals surface area contributed by atoms with Gasteiger partial charge in [0.05, 0.1) is 6.10 Å². The maximum atomic E-state index is 5.90. The minimum Gasteiger partial charge on any atom is -0.381 e. The van der Waals surface area contributed by atoms with Crippen molar-refractivity contribution in [2.24, 2.45) is 4.99 Å². The SMILES string of the molecule is CN=C(NCCCOC1CCOCC1)NCCc1c[nH]c2c(C)cccc12. The summed E-state index contributed by atoms with van der Waals surface area (Å²) in [6.45, 7) is 6.28. The van der Waals surface area contributed by atoms with Crippen LogP contribution in [0.15, 0.2) is 29.4 Å². The Balaban J connectivity index is 1.33. The lowest BCUT2D eigenvalue weighted by atomic mass is 10.1. The van der Waals surface area contributed by atoms with Crippen LogP contribution < -0.4 is 10.6 Å². The highest BCUT2D eigenvalue weighted by Gasteiger charge is 2.13. The summed E-state index contributed by atoms with van der Waals surface area (Å²) in [4.78, 5) is 7.69. The average molecular weight is 373 g/mol. The summed E-state index contributed by atoms with van der Waals surface area (Å²) in [5.74, 6) is 0.845. The first-order valence-electron chi connectivity index (χ1n) is 9.97. The molecule has 27 heavy (non-hydrogen) atoms. The van der Waals surface area contributed by atoms with Gasteiger partial charge < -0.3 is 25.1 Å². The Bertz CT molecular complexity index is 735. The molecule has 0 saturated carbocycles. The van der Waals surface area contributed by atoms with Gasteiger partial charge in [0.1, 0.15) is 0 Å². The molecule has 1 aromatic heterocycles. The number of fused-ring (bicyclic) bond motifs is 1. The monoisotopic (exact) mass is 372 g/mol. The Hall–Kier alpha value is -2.05. The molecule has 2 aromatic rings. The van der Waals surface area contributed by atoms with E-state index in [2.05, 4.69) is 51.9 Å². The zero-order chi connectivity index (χ0) is 18.9. The quantitative estimate of drug-likeness (QED) is 0.379. The largest absolute Gasteiger partial charge is 0.381 e. The summed E-state index contributed by atoms with van der Waals surface area (Å²) in [5, 5.41) is 8.07. The molecule has 0 amide bonds. The highest BCUT2D eigenvalue weighted by molar-refractivity contribution is 5.86. The fraction of sp³-hybridized carbons (Fsp3) is 0.571. The van der Waals surface area contributed by atoms with E-state index in [1.807, 2.05) is 7.05 Å². The molecular weight excluding hydrogens is 340 g/mol. The third kappa shape index (κ3) is 5.71. The molecule has 0 bridgehead atoms. The van der Waals surface area contributed by atoms with Gasteiger partial charge in [0.25, 0.3) is 0 Å². The number of nitrogens with one attached hydrogen (secondary N) is 3. The number of aryl methyl sites for hydroxylation is 1. The van der Waals surface area contributed by atoms with Gasteiger partial charge in [-0.3, -0.25) is 4.99 Å². The molecule has 6 nitrogen and oxygen atoms in total. The van der Waals surface area contributed by atoms with Gasteiger partial charge in [-0.15, -0.1) is 0 Å². The third-order valence-corrected chi connectivity index (χ3v) is 5.06. The number of rotatable bonds is 8. The zero-order valence-corrected chi connectivity index (χ0v) is 16.5. The molecule has 1 fully saturated rings. The number of aromatic nitrogens is 1. The van der Waals surface area contributed by atoms with E-state index >= 15 is 0 Å². The lowest BCUT2D eigenvalue weighted by molar-refractivity contribution is -0.0320. The molecule has 0 atom stereocenters. The summed E-state index contributed by atoms with van der Waals surface area (Å²) in [5.41, 5.74) is 3.85. The van der Waals surface area contributed by atoms with Crippen LogP contribution in [-0.4, -0.2) is 57.0 Å². The van der Waals surface area contributed by atoms with E-state index in [0.29, 0.717) is 6.10 Å². The van der Waals surface area contributed by atoms with Gasteiger partial charge >= 0.3 is 0 Å². The lowest BCUT2D eigenvalue weighted by Crippen LogP contribution is -2.39. The molecule has 3 rings (SSSR count). The van der Waals surface area contributed by atoms with Crippen molar-refractivity contribution in [2.45, 2.75) is 38.7 Å². The van der Waals surface area contributed by atoms with Crippen molar-refractivity contribution in [1.82, 2.24) is 15.6 Å². The molecule has 6 heteroatoms. The molecule has 148 valence electrons. The summed E-state index contributed by atoms with van der Waals surface area (Å²) >= 11 is 0. The number of aliphatic imine (C=N–C) groups is 1. The number of nitrogens with zero attached hydrogens (tertiary/aromatic N) is 1. The second-order valence-electron chi connectivity index (χ2n) is 7.02. The van der Waals surface area contributed by atoms with Crippen LogP contribution in [0.2, 0.25) is 0 Å². The van der Waals surface area contributed by atoms with Crippen molar-refractivity contribution in [3.8, 4) is 0 Å². The molecule has 0 aliphatic carbocycles. The molecule has 2 heterocycles. The van der Waals surface area contributed by atoms with Crippen molar-refractivity contribution in [1.29, 1.82) is 0 Å². The van der Waals surface area contributed by atoms with Gasteiger partial charge in [-0.25, -0.2) is 0 Å². The predicted molar refractivity (Wildman–Crippen MR) is 111 cm³/mol. The fourth-order valence-corrected chi connectivity index (χ4v) is 3.48. The number of guanidine groups is 1. The molecule has 1 aliphatic heterocycles. The number of aromatic amines is 1. The van der Waals surface area contributed by atoms with Crippen LogP contribution in [0, 0.1) is 6.92 Å². The zero-order valence-electron chi connectivity index (χ0n) is 16.5. The van der Waals surface area contributed by atoms with Gasteiger partial charge in [0, 0.05) is 57.1 Å². The lowest BCUT2D eigenvalue weighted by Gasteiger charge is -2.22. The molecule has 1 saturated heterocycles. The standard InChI is InChI=1S/C21H32N4O2/c1-16-5-3-6-19-17(15-25-20(16)19)7-11-24-21(22-2)23-10-4-12-27-18-8-13-26-14-9-18/h3,5-6,15,18,25H,4,7-14H2,1-2H3,(H2,22,23,24). The van der Waals surface area contributed by atoms with Crippen LogP contribution in [0.4, 0.5) is 0 Å². The molecule has 0 spiro atoms. The van der Waals surface area contributed by atoms with E-state index in [4.69, 9.17) is 9.47 Å². The van der Waals surface area contributed by atoms with E-state index in [1.54, 1.807) is 0 Å². The van der Waals surface area contributed by atoms with Crippen LogP contribution in [0.3, 0.4) is 0 Å². The first kappa shape index (κ1) is 19.7. The fourth-order valence-electron chi connectivity index (χ4n) is 3.48. The van der Waals surface area contributed by atoms with Gasteiger partial charge in [-0.1, -0.05) is 18.2 Å². The minimum absolute atomic E-state index is 0.371. The number of H-pyrrole nitrogens is 1. The molecule has 1 aliphatic rings. The topological polar surface area (TPSA) is 70.7 Å². The molecule has 0 unspecified atom stereocenters. The number of hydrogen-bond acceptors (Lipinski definition) is 3. The van der Waals surface area contributed by atoms with Crippen LogP contribution in [-0.2, 0) is 15.9 Å². The smallest absolute Gasteiger partial charge is 0.190 e. The molecular formula is C21H32N4O2. The van der Waals surface area contributed by atoms with Crippen LogP contribution in [0.5, 0.6) is 0 Å². The predicted octanol–water partition coefficient (Wildman–Crippen LogP) is 2.77. The Morgan fingerprint density at radius 3 is 2.89 bits per heavy atom. The second-order valence-corrected chi connectivity index (χ2v) is 7.02. The summed E-state index contributed by atoms with van der Waals surface area (Å²) in [7, 11) is 1.81. The van der Waals surface area contributed by atoms with Crippen LogP contribution in [0.25, 0.3) is 10.9 Å². The Kier molecular flexibility index (Phi) is 7.54. The number of benzene rings is 1. The molecule has 3 N–H and O–H groups in total. The number of hydrogen-bond donors (Lipinski definition) is 3. The van der Waals surface area contributed by atoms with Gasteiger partial charge in [-0.2, -0.15) is 0 Å². The number of ether oxygens (including phenoxy) is 2. The summed E-state index contributed by atoms with van der Waals surface area (Å²) in [6.07, 6.45) is 6.45. The van der Waals surface area contributed by atoms with Gasteiger partial charge in [0.2, 0.25) is 0 Å². The van der Waals surface area contributed by atoms with Crippen molar-refractivity contribution >= 4 is 16.9 Å². The van der Waals surface area contributed by atoms with Gasteiger partial charge in [0.15, 0.2) is 5.96 Å². The van der Waals surface area contributed by atoms with E-state index in [-0.39, 0.29) is 0 Å². The first-order chi connectivity index (χ1) is 13.3. The van der Waals surface area contributed by atoms with Crippen LogP contribution in [0.1, 0.15) is 30.4 Å². The molecule has 1 aromatic carbocycles. The highest BCUT2D eigenvalue weighted by Crippen LogP contribution is 2.21. The second kappa shape index (κ2) is 10.3. The third-order valence-electron chi connectivity index (χ3n) is 5.06. The van der Waals surface area contributed by atoms with Crippen molar-refractivity contribution in [3.63, 3.8) is 0 Å². The maximum absolute atomic E-state index is 5.90. The average Bonchev–Trinajstić information content (AvgIpc) is 3.11. The van der Waals surface area contributed by atoms with Crippen molar-refractivity contribution in [3.05, 3.63) is 35.5 Å².